The van der Waals surface area contributed by atoms with Gasteiger partial charge in [-0.25, -0.2) is 9.97 Å². The molecule has 7 heteroatoms. The standard InChI is InChI=1S/C16H22N6O/c1-12-8-18-14(10-17-12)16(23)21-5-4-15-19-9-13(11-20(2)3)22(15)7-6-21/h8-10H,4-7,11H2,1-3H3. The van der Waals surface area contributed by atoms with E-state index < -0.39 is 0 Å². The number of aromatic nitrogens is 4. The number of carbonyl (C=O) groups excluding carboxylic acids is 1. The summed E-state index contributed by atoms with van der Waals surface area (Å²) < 4.78 is 2.23. The first-order valence-corrected chi connectivity index (χ1v) is 7.80. The van der Waals surface area contributed by atoms with Gasteiger partial charge in [-0.3, -0.25) is 9.78 Å². The Labute approximate surface area is 136 Å². The van der Waals surface area contributed by atoms with E-state index in [9.17, 15) is 4.79 Å². The van der Waals surface area contributed by atoms with Crippen molar-refractivity contribution in [2.45, 2.75) is 26.4 Å². The van der Waals surface area contributed by atoms with Gasteiger partial charge in [-0.1, -0.05) is 0 Å². The van der Waals surface area contributed by atoms with Crippen LogP contribution in [-0.2, 0) is 19.5 Å². The highest BCUT2D eigenvalue weighted by atomic mass is 16.2. The Morgan fingerprint density at radius 2 is 1.96 bits per heavy atom. The van der Waals surface area contributed by atoms with E-state index in [-0.39, 0.29) is 5.91 Å². The molecule has 7 nitrogen and oxygen atoms in total. The molecular formula is C16H22N6O. The molecule has 0 aromatic carbocycles. The summed E-state index contributed by atoms with van der Waals surface area (Å²) in [5, 5.41) is 0. The molecule has 0 aliphatic carbocycles. The number of amides is 1. The van der Waals surface area contributed by atoms with E-state index in [0.717, 1.165) is 31.0 Å². The molecule has 23 heavy (non-hydrogen) atoms. The minimum absolute atomic E-state index is 0.0580. The summed E-state index contributed by atoms with van der Waals surface area (Å²) in [6.07, 6.45) is 5.89. The molecule has 0 saturated carbocycles. The lowest BCUT2D eigenvalue weighted by Crippen LogP contribution is -2.34. The van der Waals surface area contributed by atoms with Crippen LogP contribution in [-0.4, -0.2) is 62.4 Å². The molecule has 0 radical (unpaired) electrons. The molecule has 0 N–H and O–H groups in total. The first-order chi connectivity index (χ1) is 11.0. The van der Waals surface area contributed by atoms with Gasteiger partial charge in [0.1, 0.15) is 11.5 Å². The molecule has 3 heterocycles. The predicted octanol–water partition coefficient (Wildman–Crippen LogP) is 0.742. The first kappa shape index (κ1) is 15.6. The molecule has 0 saturated heterocycles. The van der Waals surface area contributed by atoms with Crippen LogP contribution in [0.15, 0.2) is 18.6 Å². The van der Waals surface area contributed by atoms with Gasteiger partial charge in [-0.2, -0.15) is 0 Å². The molecule has 0 bridgehead atoms. The van der Waals surface area contributed by atoms with Gasteiger partial charge in [0.25, 0.3) is 5.91 Å². The van der Waals surface area contributed by atoms with Crippen LogP contribution in [0.25, 0.3) is 0 Å². The van der Waals surface area contributed by atoms with Gasteiger partial charge in [-0.05, 0) is 21.0 Å². The fourth-order valence-corrected chi connectivity index (χ4v) is 2.81. The zero-order valence-corrected chi connectivity index (χ0v) is 13.9. The maximum atomic E-state index is 12.6. The molecule has 0 unspecified atom stereocenters. The fraction of sp³-hybridized carbons (Fsp3) is 0.500. The van der Waals surface area contributed by atoms with Gasteiger partial charge in [0.15, 0.2) is 0 Å². The second-order valence-corrected chi connectivity index (χ2v) is 6.14. The van der Waals surface area contributed by atoms with E-state index in [2.05, 4.69) is 24.4 Å². The van der Waals surface area contributed by atoms with Crippen molar-refractivity contribution in [3.8, 4) is 0 Å². The van der Waals surface area contributed by atoms with Crippen molar-refractivity contribution in [2.24, 2.45) is 0 Å². The zero-order chi connectivity index (χ0) is 16.4. The number of rotatable bonds is 3. The lowest BCUT2D eigenvalue weighted by molar-refractivity contribution is 0.0752. The SMILES string of the molecule is Cc1cnc(C(=O)N2CCc3ncc(CN(C)C)n3CC2)cn1. The summed E-state index contributed by atoms with van der Waals surface area (Å²) in [4.78, 5) is 29.4. The molecule has 1 aliphatic rings. The number of hydrogen-bond donors (Lipinski definition) is 0. The minimum Gasteiger partial charge on any atom is -0.335 e. The first-order valence-electron chi connectivity index (χ1n) is 7.80. The Bertz CT molecular complexity index is 691. The number of aryl methyl sites for hydroxylation is 1. The van der Waals surface area contributed by atoms with Gasteiger partial charge < -0.3 is 14.4 Å². The van der Waals surface area contributed by atoms with E-state index in [1.165, 1.54) is 5.69 Å². The van der Waals surface area contributed by atoms with Crippen molar-refractivity contribution < 1.29 is 4.79 Å². The molecule has 1 amide bonds. The van der Waals surface area contributed by atoms with E-state index in [1.54, 1.807) is 12.4 Å². The smallest absolute Gasteiger partial charge is 0.274 e. The Balaban J connectivity index is 1.73. The topological polar surface area (TPSA) is 67.2 Å². The van der Waals surface area contributed by atoms with E-state index in [0.29, 0.717) is 18.8 Å². The maximum absolute atomic E-state index is 12.6. The average molecular weight is 314 g/mol. The summed E-state index contributed by atoms with van der Waals surface area (Å²) in [5.74, 6) is 0.990. The summed E-state index contributed by atoms with van der Waals surface area (Å²) in [5.41, 5.74) is 2.41. The van der Waals surface area contributed by atoms with Crippen LogP contribution in [0.1, 0.15) is 27.7 Å². The highest BCUT2D eigenvalue weighted by Gasteiger charge is 2.22. The molecule has 0 atom stereocenters. The van der Waals surface area contributed by atoms with E-state index >= 15 is 0 Å². The van der Waals surface area contributed by atoms with Gasteiger partial charge in [0.05, 0.1) is 17.6 Å². The Morgan fingerprint density at radius 3 is 2.65 bits per heavy atom. The summed E-state index contributed by atoms with van der Waals surface area (Å²) in [6.45, 7) is 4.80. The summed E-state index contributed by atoms with van der Waals surface area (Å²) >= 11 is 0. The minimum atomic E-state index is -0.0580. The fourth-order valence-electron chi connectivity index (χ4n) is 2.81. The normalized spacial score (nSPS) is 14.7. The molecule has 1 aliphatic heterocycles. The van der Waals surface area contributed by atoms with Crippen LogP contribution >= 0.6 is 0 Å². The van der Waals surface area contributed by atoms with Crippen molar-refractivity contribution in [2.75, 3.05) is 27.2 Å². The Kier molecular flexibility index (Phi) is 4.38. The van der Waals surface area contributed by atoms with Crippen molar-refractivity contribution in [3.05, 3.63) is 41.5 Å². The number of hydrogen-bond acceptors (Lipinski definition) is 5. The maximum Gasteiger partial charge on any atom is 0.274 e. The largest absolute Gasteiger partial charge is 0.335 e. The quantitative estimate of drug-likeness (QED) is 0.836. The molecule has 0 fully saturated rings. The third kappa shape index (κ3) is 3.39. The summed E-state index contributed by atoms with van der Waals surface area (Å²) in [7, 11) is 4.09. The molecule has 3 rings (SSSR count). The summed E-state index contributed by atoms with van der Waals surface area (Å²) in [6, 6.07) is 0. The zero-order valence-electron chi connectivity index (χ0n) is 13.9. The molecular weight excluding hydrogens is 292 g/mol. The van der Waals surface area contributed by atoms with Crippen LogP contribution in [0.3, 0.4) is 0 Å². The van der Waals surface area contributed by atoms with Gasteiger partial charge in [0.2, 0.25) is 0 Å². The average Bonchev–Trinajstić information content (AvgIpc) is 2.77. The van der Waals surface area contributed by atoms with E-state index in [1.807, 2.05) is 32.1 Å². The van der Waals surface area contributed by atoms with Crippen LogP contribution < -0.4 is 0 Å². The Hall–Kier alpha value is -2.28. The number of nitrogens with zero attached hydrogens (tertiary/aromatic N) is 6. The van der Waals surface area contributed by atoms with E-state index in [4.69, 9.17) is 0 Å². The molecule has 122 valence electrons. The number of fused-ring (bicyclic) bond motifs is 1. The lowest BCUT2D eigenvalue weighted by atomic mass is 10.3. The predicted molar refractivity (Wildman–Crippen MR) is 86.0 cm³/mol. The van der Waals surface area contributed by atoms with Crippen molar-refractivity contribution in [1.82, 2.24) is 29.3 Å². The molecule has 0 spiro atoms. The van der Waals surface area contributed by atoms with Crippen LogP contribution in [0.2, 0.25) is 0 Å². The third-order valence-corrected chi connectivity index (χ3v) is 3.99. The molecule has 2 aromatic rings. The van der Waals surface area contributed by atoms with Crippen LogP contribution in [0.5, 0.6) is 0 Å². The van der Waals surface area contributed by atoms with Crippen molar-refractivity contribution in [1.29, 1.82) is 0 Å². The van der Waals surface area contributed by atoms with Gasteiger partial charge >= 0.3 is 0 Å². The third-order valence-electron chi connectivity index (χ3n) is 3.99. The Morgan fingerprint density at radius 1 is 1.13 bits per heavy atom. The van der Waals surface area contributed by atoms with Crippen molar-refractivity contribution >= 4 is 5.91 Å². The number of imidazole rings is 1. The molecule has 2 aromatic heterocycles. The number of carbonyl (C=O) groups is 1. The van der Waals surface area contributed by atoms with Gasteiger partial charge in [-0.15, -0.1) is 0 Å². The second-order valence-electron chi connectivity index (χ2n) is 6.14. The van der Waals surface area contributed by atoms with Crippen molar-refractivity contribution in [3.63, 3.8) is 0 Å². The van der Waals surface area contributed by atoms with Crippen LogP contribution in [0, 0.1) is 6.92 Å². The second kappa shape index (κ2) is 6.45. The lowest BCUT2D eigenvalue weighted by Gasteiger charge is -2.19. The van der Waals surface area contributed by atoms with Crippen LogP contribution in [0.4, 0.5) is 0 Å². The monoisotopic (exact) mass is 314 g/mol. The highest BCUT2D eigenvalue weighted by Crippen LogP contribution is 2.14. The highest BCUT2D eigenvalue weighted by molar-refractivity contribution is 5.92. The van der Waals surface area contributed by atoms with Gasteiger partial charge in [0, 0.05) is 45.0 Å².